The van der Waals surface area contributed by atoms with Crippen molar-refractivity contribution in [3.05, 3.63) is 51.5 Å². The van der Waals surface area contributed by atoms with Gasteiger partial charge in [-0.05, 0) is 25.1 Å². The zero-order valence-corrected chi connectivity index (χ0v) is 11.3. The summed E-state index contributed by atoms with van der Waals surface area (Å²) in [6.07, 6.45) is 2.56. The highest BCUT2D eigenvalue weighted by atomic mass is 32.1. The molecule has 0 fully saturated rings. The van der Waals surface area contributed by atoms with E-state index in [0.717, 1.165) is 11.4 Å². The van der Waals surface area contributed by atoms with Gasteiger partial charge in [-0.3, -0.25) is 4.79 Å². The van der Waals surface area contributed by atoms with Crippen LogP contribution in [-0.4, -0.2) is 17.4 Å². The first-order valence-corrected chi connectivity index (χ1v) is 6.70. The molecule has 1 aromatic carbocycles. The quantitative estimate of drug-likeness (QED) is 0.927. The Morgan fingerprint density at radius 2 is 2.37 bits per heavy atom. The van der Waals surface area contributed by atoms with Gasteiger partial charge in [-0.2, -0.15) is 5.26 Å². The fourth-order valence-corrected chi connectivity index (χ4v) is 2.42. The molecule has 0 bridgehead atoms. The Kier molecular flexibility index (Phi) is 4.26. The van der Waals surface area contributed by atoms with Crippen LogP contribution < -0.4 is 5.32 Å². The number of nitriles is 1. The summed E-state index contributed by atoms with van der Waals surface area (Å²) >= 11 is 1.64. The summed E-state index contributed by atoms with van der Waals surface area (Å²) in [5, 5.41) is 12.6. The van der Waals surface area contributed by atoms with Crippen LogP contribution >= 0.6 is 11.3 Å². The molecule has 0 saturated heterocycles. The van der Waals surface area contributed by atoms with Crippen LogP contribution in [0.25, 0.3) is 0 Å². The van der Waals surface area contributed by atoms with E-state index in [1.807, 2.05) is 19.2 Å². The van der Waals surface area contributed by atoms with Crippen LogP contribution in [0.2, 0.25) is 0 Å². The van der Waals surface area contributed by atoms with Crippen molar-refractivity contribution in [3.8, 4) is 6.07 Å². The van der Waals surface area contributed by atoms with Gasteiger partial charge in [-0.1, -0.05) is 6.07 Å². The van der Waals surface area contributed by atoms with Gasteiger partial charge in [-0.15, -0.1) is 11.3 Å². The topological polar surface area (TPSA) is 65.8 Å². The van der Waals surface area contributed by atoms with Gasteiger partial charge in [0, 0.05) is 29.6 Å². The van der Waals surface area contributed by atoms with Crippen molar-refractivity contribution in [2.75, 3.05) is 6.54 Å². The zero-order chi connectivity index (χ0) is 13.7. The van der Waals surface area contributed by atoms with Crippen LogP contribution in [-0.2, 0) is 6.42 Å². The Morgan fingerprint density at radius 1 is 1.53 bits per heavy atom. The van der Waals surface area contributed by atoms with E-state index >= 15 is 0 Å². The Bertz CT molecular complexity index is 628. The van der Waals surface area contributed by atoms with Crippen molar-refractivity contribution in [2.45, 2.75) is 13.3 Å². The maximum Gasteiger partial charge on any atom is 0.251 e. The molecule has 0 atom stereocenters. The summed E-state index contributed by atoms with van der Waals surface area (Å²) in [6, 6.07) is 8.68. The lowest BCUT2D eigenvalue weighted by molar-refractivity contribution is 0.0954. The predicted molar refractivity (Wildman–Crippen MR) is 74.0 cm³/mol. The minimum absolute atomic E-state index is 0.162. The molecule has 2 rings (SSSR count). The Morgan fingerprint density at radius 3 is 3.05 bits per heavy atom. The number of aromatic nitrogens is 1. The molecule has 0 aliphatic rings. The van der Waals surface area contributed by atoms with Gasteiger partial charge in [0.2, 0.25) is 0 Å². The number of nitrogens with zero attached hydrogens (tertiary/aromatic N) is 2. The maximum absolute atomic E-state index is 11.9. The molecule has 4 nitrogen and oxygen atoms in total. The SMILES string of the molecule is Cc1cnc(CCNC(=O)c2cccc(C#N)c2)s1. The van der Waals surface area contributed by atoms with E-state index in [4.69, 9.17) is 5.26 Å². The van der Waals surface area contributed by atoms with Gasteiger partial charge >= 0.3 is 0 Å². The molecular formula is C14H13N3OS. The van der Waals surface area contributed by atoms with Gasteiger partial charge in [0.15, 0.2) is 0 Å². The summed E-state index contributed by atoms with van der Waals surface area (Å²) in [4.78, 5) is 17.3. The summed E-state index contributed by atoms with van der Waals surface area (Å²) in [7, 11) is 0. The van der Waals surface area contributed by atoms with Crippen molar-refractivity contribution in [2.24, 2.45) is 0 Å². The van der Waals surface area contributed by atoms with Gasteiger partial charge < -0.3 is 5.32 Å². The Labute approximate surface area is 115 Å². The molecular weight excluding hydrogens is 258 g/mol. The second-order valence-electron chi connectivity index (χ2n) is 4.06. The number of rotatable bonds is 4. The molecule has 1 aromatic heterocycles. The number of amides is 1. The molecule has 2 aromatic rings. The van der Waals surface area contributed by atoms with Crippen molar-refractivity contribution in [1.29, 1.82) is 5.26 Å². The molecule has 0 aliphatic heterocycles. The van der Waals surface area contributed by atoms with Gasteiger partial charge in [0.1, 0.15) is 0 Å². The number of benzene rings is 1. The lowest BCUT2D eigenvalue weighted by Crippen LogP contribution is -2.25. The fourth-order valence-electron chi connectivity index (χ4n) is 1.63. The number of hydrogen-bond donors (Lipinski definition) is 1. The Balaban J connectivity index is 1.89. The Hall–Kier alpha value is -2.19. The van der Waals surface area contributed by atoms with E-state index in [1.54, 1.807) is 35.6 Å². The van der Waals surface area contributed by atoms with Crippen LogP contribution in [0.5, 0.6) is 0 Å². The van der Waals surface area contributed by atoms with E-state index in [1.165, 1.54) is 4.88 Å². The molecule has 1 heterocycles. The van der Waals surface area contributed by atoms with Crippen LogP contribution in [0.1, 0.15) is 25.8 Å². The molecule has 0 radical (unpaired) electrons. The van der Waals surface area contributed by atoms with E-state index in [9.17, 15) is 4.79 Å². The lowest BCUT2D eigenvalue weighted by atomic mass is 10.1. The van der Waals surface area contributed by atoms with E-state index in [-0.39, 0.29) is 5.91 Å². The first kappa shape index (κ1) is 13.2. The third-order valence-electron chi connectivity index (χ3n) is 2.55. The summed E-state index contributed by atoms with van der Waals surface area (Å²) < 4.78 is 0. The summed E-state index contributed by atoms with van der Waals surface area (Å²) in [6.45, 7) is 2.55. The summed E-state index contributed by atoms with van der Waals surface area (Å²) in [5.74, 6) is -0.162. The third-order valence-corrected chi connectivity index (χ3v) is 3.52. The number of nitrogens with one attached hydrogen (secondary N) is 1. The van der Waals surface area contributed by atoms with Crippen LogP contribution in [0, 0.1) is 18.3 Å². The van der Waals surface area contributed by atoms with Crippen LogP contribution in [0.3, 0.4) is 0 Å². The predicted octanol–water partition coefficient (Wildman–Crippen LogP) is 2.30. The van der Waals surface area contributed by atoms with Gasteiger partial charge in [0.25, 0.3) is 5.91 Å². The molecule has 0 spiro atoms. The molecule has 96 valence electrons. The number of aryl methyl sites for hydroxylation is 1. The van der Waals surface area contributed by atoms with E-state index in [0.29, 0.717) is 17.7 Å². The third kappa shape index (κ3) is 3.63. The second-order valence-corrected chi connectivity index (χ2v) is 5.38. The fraction of sp³-hybridized carbons (Fsp3) is 0.214. The van der Waals surface area contributed by atoms with Crippen molar-refractivity contribution in [3.63, 3.8) is 0 Å². The minimum atomic E-state index is -0.162. The summed E-state index contributed by atoms with van der Waals surface area (Å²) in [5.41, 5.74) is 0.998. The number of carbonyl (C=O) groups is 1. The molecule has 19 heavy (non-hydrogen) atoms. The van der Waals surface area contributed by atoms with E-state index in [2.05, 4.69) is 10.3 Å². The first-order chi connectivity index (χ1) is 9.19. The number of carbonyl (C=O) groups excluding carboxylic acids is 1. The monoisotopic (exact) mass is 271 g/mol. The van der Waals surface area contributed by atoms with E-state index < -0.39 is 0 Å². The first-order valence-electron chi connectivity index (χ1n) is 5.88. The average Bonchev–Trinajstić information content (AvgIpc) is 2.84. The van der Waals surface area contributed by atoms with Gasteiger partial charge in [0.05, 0.1) is 16.6 Å². The zero-order valence-electron chi connectivity index (χ0n) is 10.5. The average molecular weight is 271 g/mol. The normalized spacial score (nSPS) is 9.89. The largest absolute Gasteiger partial charge is 0.352 e. The number of hydrogen-bond acceptors (Lipinski definition) is 4. The molecule has 0 aliphatic carbocycles. The molecule has 1 amide bonds. The second kappa shape index (κ2) is 6.12. The standard InChI is InChI=1S/C14H13N3OS/c1-10-9-17-13(19-10)5-6-16-14(18)12-4-2-3-11(7-12)8-15/h2-4,7,9H,5-6H2,1H3,(H,16,18). The number of thiazole rings is 1. The highest BCUT2D eigenvalue weighted by Gasteiger charge is 2.06. The van der Waals surface area contributed by atoms with Crippen molar-refractivity contribution in [1.82, 2.24) is 10.3 Å². The smallest absolute Gasteiger partial charge is 0.251 e. The van der Waals surface area contributed by atoms with Crippen LogP contribution in [0.4, 0.5) is 0 Å². The molecule has 1 N–H and O–H groups in total. The van der Waals surface area contributed by atoms with Crippen LogP contribution in [0.15, 0.2) is 30.5 Å². The highest BCUT2D eigenvalue weighted by Crippen LogP contribution is 2.11. The highest BCUT2D eigenvalue weighted by molar-refractivity contribution is 7.11. The maximum atomic E-state index is 11.9. The molecule has 0 saturated carbocycles. The molecule has 0 unspecified atom stereocenters. The van der Waals surface area contributed by atoms with Gasteiger partial charge in [-0.25, -0.2) is 4.98 Å². The minimum Gasteiger partial charge on any atom is -0.352 e. The lowest BCUT2D eigenvalue weighted by Gasteiger charge is -2.04. The van der Waals surface area contributed by atoms with Crippen molar-refractivity contribution >= 4 is 17.2 Å². The molecule has 5 heteroatoms. The van der Waals surface area contributed by atoms with Crippen molar-refractivity contribution < 1.29 is 4.79 Å².